The second kappa shape index (κ2) is 5.16. The molecule has 0 radical (unpaired) electrons. The quantitative estimate of drug-likeness (QED) is 0.888. The molecule has 2 aliphatic carbocycles. The molecule has 6 heteroatoms. The summed E-state index contributed by atoms with van der Waals surface area (Å²) in [4.78, 5) is 28.3. The number of aromatic nitrogens is 1. The number of amides is 1. The maximum Gasteiger partial charge on any atom is 0.329 e. The van der Waals surface area contributed by atoms with Crippen LogP contribution < -0.4 is 5.32 Å². The zero-order chi connectivity index (χ0) is 15.0. The van der Waals surface area contributed by atoms with Crippen molar-refractivity contribution in [3.8, 4) is 0 Å². The van der Waals surface area contributed by atoms with Gasteiger partial charge in [0.2, 0.25) is 5.76 Å². The van der Waals surface area contributed by atoms with Crippen molar-refractivity contribution in [2.24, 2.45) is 0 Å². The van der Waals surface area contributed by atoms with Crippen molar-refractivity contribution in [2.45, 2.75) is 63.3 Å². The average molecular weight is 292 g/mol. The summed E-state index contributed by atoms with van der Waals surface area (Å²) in [6.07, 6.45) is 5.66. The van der Waals surface area contributed by atoms with Crippen LogP contribution in [0.1, 0.15) is 73.0 Å². The lowest BCUT2D eigenvalue weighted by atomic mass is 9.81. The molecule has 0 aromatic carbocycles. The molecule has 0 aliphatic heterocycles. The summed E-state index contributed by atoms with van der Waals surface area (Å²) >= 11 is 0. The van der Waals surface area contributed by atoms with Gasteiger partial charge in [-0.25, -0.2) is 9.78 Å². The third-order valence-corrected chi connectivity index (χ3v) is 4.42. The molecule has 6 nitrogen and oxygen atoms in total. The van der Waals surface area contributed by atoms with Crippen LogP contribution in [0.25, 0.3) is 0 Å². The molecular formula is C15H20N2O4. The monoisotopic (exact) mass is 292 g/mol. The highest BCUT2D eigenvalue weighted by Crippen LogP contribution is 2.40. The fourth-order valence-corrected chi connectivity index (χ4v) is 2.95. The minimum atomic E-state index is -1.16. The van der Waals surface area contributed by atoms with Gasteiger partial charge in [-0.05, 0) is 32.6 Å². The maximum absolute atomic E-state index is 12.4. The van der Waals surface area contributed by atoms with E-state index < -0.39 is 17.4 Å². The summed E-state index contributed by atoms with van der Waals surface area (Å²) in [7, 11) is 0. The zero-order valence-electron chi connectivity index (χ0n) is 12.1. The maximum atomic E-state index is 12.4. The Hall–Kier alpha value is -1.85. The molecule has 21 heavy (non-hydrogen) atoms. The molecule has 1 aromatic rings. The van der Waals surface area contributed by atoms with E-state index in [-0.39, 0.29) is 5.76 Å². The molecule has 0 atom stereocenters. The molecule has 2 fully saturated rings. The first-order chi connectivity index (χ1) is 10.0. The Morgan fingerprint density at radius 3 is 2.52 bits per heavy atom. The number of carboxylic acids is 1. The molecule has 1 heterocycles. The predicted octanol–water partition coefficient (Wildman–Crippen LogP) is 2.38. The number of aryl methyl sites for hydroxylation is 1. The summed E-state index contributed by atoms with van der Waals surface area (Å²) in [5, 5.41) is 12.2. The fraction of sp³-hybridized carbons (Fsp3) is 0.667. The molecule has 2 aliphatic rings. The van der Waals surface area contributed by atoms with Gasteiger partial charge in [0.25, 0.3) is 5.91 Å². The van der Waals surface area contributed by atoms with Crippen LogP contribution in [0.3, 0.4) is 0 Å². The van der Waals surface area contributed by atoms with Crippen molar-refractivity contribution < 1.29 is 19.1 Å². The van der Waals surface area contributed by atoms with E-state index in [0.29, 0.717) is 30.3 Å². The molecule has 1 amide bonds. The first-order valence-electron chi connectivity index (χ1n) is 7.55. The lowest BCUT2D eigenvalue weighted by Crippen LogP contribution is -2.55. The van der Waals surface area contributed by atoms with Crippen LogP contribution in [0.4, 0.5) is 0 Å². The predicted molar refractivity (Wildman–Crippen MR) is 74.1 cm³/mol. The molecule has 0 spiro atoms. The van der Waals surface area contributed by atoms with Crippen LogP contribution in [0.5, 0.6) is 0 Å². The van der Waals surface area contributed by atoms with Crippen LogP contribution in [0.15, 0.2) is 4.42 Å². The Kier molecular flexibility index (Phi) is 3.47. The highest BCUT2D eigenvalue weighted by atomic mass is 16.4. The van der Waals surface area contributed by atoms with Gasteiger partial charge < -0.3 is 14.8 Å². The van der Waals surface area contributed by atoms with Gasteiger partial charge in [0.05, 0.1) is 5.69 Å². The Morgan fingerprint density at radius 2 is 1.95 bits per heavy atom. The Bertz CT molecular complexity index is 568. The number of carbonyl (C=O) groups excluding carboxylic acids is 1. The van der Waals surface area contributed by atoms with E-state index in [1.54, 1.807) is 6.92 Å². The Labute approximate surface area is 122 Å². The summed E-state index contributed by atoms with van der Waals surface area (Å²) in [6.45, 7) is 1.72. The van der Waals surface area contributed by atoms with Gasteiger partial charge in [-0.2, -0.15) is 0 Å². The third kappa shape index (κ3) is 2.66. The number of rotatable bonds is 4. The molecule has 0 bridgehead atoms. The van der Waals surface area contributed by atoms with Crippen molar-refractivity contribution in [1.29, 1.82) is 0 Å². The van der Waals surface area contributed by atoms with Gasteiger partial charge in [0.1, 0.15) is 5.54 Å². The topological polar surface area (TPSA) is 92.4 Å². The minimum Gasteiger partial charge on any atom is -0.480 e. The van der Waals surface area contributed by atoms with Crippen LogP contribution in [-0.2, 0) is 4.79 Å². The molecule has 114 valence electrons. The highest BCUT2D eigenvalue weighted by molar-refractivity contribution is 5.96. The Balaban J connectivity index is 1.79. The third-order valence-electron chi connectivity index (χ3n) is 4.42. The van der Waals surface area contributed by atoms with Crippen LogP contribution >= 0.6 is 0 Å². The van der Waals surface area contributed by atoms with Crippen molar-refractivity contribution in [2.75, 3.05) is 0 Å². The van der Waals surface area contributed by atoms with Gasteiger partial charge in [-0.3, -0.25) is 4.79 Å². The fourth-order valence-electron chi connectivity index (χ4n) is 2.95. The average Bonchev–Trinajstić information content (AvgIpc) is 3.22. The van der Waals surface area contributed by atoms with E-state index in [0.717, 1.165) is 32.1 Å². The van der Waals surface area contributed by atoms with E-state index in [2.05, 4.69) is 10.3 Å². The summed E-state index contributed by atoms with van der Waals surface area (Å²) in [6, 6.07) is 0. The second-order valence-electron chi connectivity index (χ2n) is 6.14. The van der Waals surface area contributed by atoms with E-state index in [4.69, 9.17) is 4.42 Å². The van der Waals surface area contributed by atoms with E-state index in [1.165, 1.54) is 0 Å². The molecule has 1 aromatic heterocycles. The number of oxazole rings is 1. The second-order valence-corrected chi connectivity index (χ2v) is 6.14. The number of hydrogen-bond acceptors (Lipinski definition) is 4. The first kappa shape index (κ1) is 14.1. The standard InChI is InChI=1S/C15H20N2O4/c1-9-11(21-13(16-9)10-5-6-10)12(18)17-15(14(19)20)7-3-2-4-8-15/h10H,2-8H2,1H3,(H,17,18)(H,19,20). The number of carbonyl (C=O) groups is 2. The zero-order valence-corrected chi connectivity index (χ0v) is 12.1. The number of nitrogens with zero attached hydrogens (tertiary/aromatic N) is 1. The van der Waals surface area contributed by atoms with Crippen LogP contribution in [0, 0.1) is 6.92 Å². The van der Waals surface area contributed by atoms with Crippen molar-refractivity contribution in [3.05, 3.63) is 17.3 Å². The Morgan fingerprint density at radius 1 is 1.29 bits per heavy atom. The largest absolute Gasteiger partial charge is 0.480 e. The van der Waals surface area contributed by atoms with Gasteiger partial charge in [0, 0.05) is 5.92 Å². The molecule has 2 saturated carbocycles. The van der Waals surface area contributed by atoms with Gasteiger partial charge in [-0.15, -0.1) is 0 Å². The molecular weight excluding hydrogens is 272 g/mol. The molecule has 0 unspecified atom stereocenters. The highest BCUT2D eigenvalue weighted by Gasteiger charge is 2.42. The smallest absolute Gasteiger partial charge is 0.329 e. The van der Waals surface area contributed by atoms with Crippen molar-refractivity contribution in [3.63, 3.8) is 0 Å². The normalized spacial score (nSPS) is 21.0. The summed E-state index contributed by atoms with van der Waals surface area (Å²) in [5.74, 6) is -0.339. The number of aliphatic carboxylic acids is 1. The van der Waals surface area contributed by atoms with Gasteiger partial charge in [0.15, 0.2) is 5.89 Å². The van der Waals surface area contributed by atoms with E-state index in [1.807, 2.05) is 0 Å². The minimum absolute atomic E-state index is 0.156. The van der Waals surface area contributed by atoms with E-state index >= 15 is 0 Å². The number of carboxylic acid groups (broad SMARTS) is 1. The summed E-state index contributed by atoms with van der Waals surface area (Å²) < 4.78 is 5.55. The van der Waals surface area contributed by atoms with Gasteiger partial charge >= 0.3 is 5.97 Å². The van der Waals surface area contributed by atoms with Crippen molar-refractivity contribution in [1.82, 2.24) is 10.3 Å². The molecule has 2 N–H and O–H groups in total. The van der Waals surface area contributed by atoms with Crippen LogP contribution in [-0.4, -0.2) is 27.5 Å². The van der Waals surface area contributed by atoms with Crippen LogP contribution in [0.2, 0.25) is 0 Å². The lowest BCUT2D eigenvalue weighted by Gasteiger charge is -2.33. The number of nitrogens with one attached hydrogen (secondary N) is 1. The lowest BCUT2D eigenvalue weighted by molar-refractivity contribution is -0.145. The van der Waals surface area contributed by atoms with E-state index in [9.17, 15) is 14.7 Å². The SMILES string of the molecule is Cc1nc(C2CC2)oc1C(=O)NC1(C(=O)O)CCCCC1. The molecule has 0 saturated heterocycles. The first-order valence-corrected chi connectivity index (χ1v) is 7.55. The number of hydrogen-bond donors (Lipinski definition) is 2. The molecule has 3 rings (SSSR count). The van der Waals surface area contributed by atoms with Crippen molar-refractivity contribution >= 4 is 11.9 Å². The van der Waals surface area contributed by atoms with Gasteiger partial charge in [-0.1, -0.05) is 19.3 Å². The summed E-state index contributed by atoms with van der Waals surface area (Å²) in [5.41, 5.74) is -0.625.